The molecule has 1 heterocycles. The van der Waals surface area contributed by atoms with Crippen LogP contribution in [0.15, 0.2) is 100 Å². The van der Waals surface area contributed by atoms with E-state index in [1.54, 1.807) is 25.3 Å². The van der Waals surface area contributed by atoms with Gasteiger partial charge in [0.2, 0.25) is 0 Å². The monoisotopic (exact) mass is 627 g/mol. The Hall–Kier alpha value is -4.33. The maximum atomic E-state index is 13.4. The summed E-state index contributed by atoms with van der Waals surface area (Å²) >= 11 is 0. The van der Waals surface area contributed by atoms with E-state index >= 15 is 0 Å². The summed E-state index contributed by atoms with van der Waals surface area (Å²) in [6, 6.07) is 7.43. The van der Waals surface area contributed by atoms with Gasteiger partial charge in [0.1, 0.15) is 34.7 Å². The number of amidine groups is 1. The zero-order chi connectivity index (χ0) is 32.9. The van der Waals surface area contributed by atoms with E-state index in [1.807, 2.05) is 30.3 Å². The van der Waals surface area contributed by atoms with E-state index in [9.17, 15) is 9.59 Å². The summed E-state index contributed by atoms with van der Waals surface area (Å²) in [5.41, 5.74) is 1.56. The van der Waals surface area contributed by atoms with Gasteiger partial charge in [-0.3, -0.25) is 9.59 Å². The number of allylic oxidation sites excluding steroid dienone is 8. The second kappa shape index (κ2) is 17.4. The van der Waals surface area contributed by atoms with Crippen LogP contribution in [-0.2, 0) is 19.1 Å². The predicted molar refractivity (Wildman–Crippen MR) is 183 cm³/mol. The Morgan fingerprint density at radius 1 is 0.717 bits per heavy atom. The van der Waals surface area contributed by atoms with Crippen LogP contribution in [-0.4, -0.2) is 37.7 Å². The zero-order valence-electron chi connectivity index (χ0n) is 28.0. The van der Waals surface area contributed by atoms with Crippen LogP contribution in [0.4, 0.5) is 0 Å². The van der Waals surface area contributed by atoms with E-state index in [1.165, 1.54) is 18.6 Å². The third kappa shape index (κ3) is 9.35. The second-order valence-corrected chi connectivity index (χ2v) is 11.9. The Balaban J connectivity index is 1.58. The number of ether oxygens (including phenoxy) is 3. The van der Waals surface area contributed by atoms with Crippen molar-refractivity contribution in [3.05, 3.63) is 101 Å². The quantitative estimate of drug-likeness (QED) is 0.183. The molecule has 3 aliphatic rings. The lowest BCUT2D eigenvalue weighted by molar-refractivity contribution is -0.112. The third-order valence-electron chi connectivity index (χ3n) is 8.56. The van der Waals surface area contributed by atoms with Crippen molar-refractivity contribution < 1.29 is 23.8 Å². The molecule has 0 radical (unpaired) electrons. The first kappa shape index (κ1) is 34.5. The lowest BCUT2D eigenvalue weighted by Gasteiger charge is -2.26. The van der Waals surface area contributed by atoms with Crippen LogP contribution in [0.3, 0.4) is 0 Å². The molecule has 1 aromatic carbocycles. The molecule has 0 saturated carbocycles. The summed E-state index contributed by atoms with van der Waals surface area (Å²) in [6.07, 6.45) is 19.0. The first-order valence-electron chi connectivity index (χ1n) is 16.8. The molecule has 0 fully saturated rings. The van der Waals surface area contributed by atoms with Crippen molar-refractivity contribution in [2.24, 2.45) is 16.8 Å². The summed E-state index contributed by atoms with van der Waals surface area (Å²) in [5.74, 6) is 3.55. The van der Waals surface area contributed by atoms with Gasteiger partial charge in [0.25, 0.3) is 0 Å². The fraction of sp³-hybridized carbons (Fsp3) is 0.447. The van der Waals surface area contributed by atoms with Crippen molar-refractivity contribution in [2.45, 2.75) is 79.1 Å². The second-order valence-electron chi connectivity index (χ2n) is 11.9. The molecule has 2 atom stereocenters. The van der Waals surface area contributed by atoms with Gasteiger partial charge in [-0.15, -0.1) is 0 Å². The molecular formula is C38H49N3O5. The lowest BCUT2D eigenvalue weighted by Crippen LogP contribution is -2.39. The van der Waals surface area contributed by atoms with Crippen molar-refractivity contribution in [1.29, 1.82) is 0 Å². The van der Waals surface area contributed by atoms with Gasteiger partial charge in [-0.25, -0.2) is 4.99 Å². The highest BCUT2D eigenvalue weighted by molar-refractivity contribution is 6.11. The maximum absolute atomic E-state index is 13.4. The van der Waals surface area contributed by atoms with Crippen molar-refractivity contribution in [3.8, 4) is 5.75 Å². The number of nitrogens with one attached hydrogen (secondary N) is 2. The molecule has 2 unspecified atom stereocenters. The largest absolute Gasteiger partial charge is 0.497 e. The van der Waals surface area contributed by atoms with Gasteiger partial charge in [0.05, 0.1) is 31.5 Å². The molecule has 246 valence electrons. The summed E-state index contributed by atoms with van der Waals surface area (Å²) in [4.78, 5) is 31.6. The Morgan fingerprint density at radius 2 is 1.26 bits per heavy atom. The number of carbonyl (C=O) groups excluding carboxylic acids is 2. The van der Waals surface area contributed by atoms with Crippen LogP contribution in [0, 0.1) is 11.8 Å². The number of ketones is 2. The highest BCUT2D eigenvalue weighted by Gasteiger charge is 2.26. The number of nitrogens with zero attached hydrogens (tertiary/aromatic N) is 1. The average Bonchev–Trinajstić information content (AvgIpc) is 3.08. The van der Waals surface area contributed by atoms with Crippen LogP contribution < -0.4 is 15.4 Å². The van der Waals surface area contributed by atoms with Crippen molar-refractivity contribution in [3.63, 3.8) is 0 Å². The van der Waals surface area contributed by atoms with Crippen LogP contribution in [0.1, 0.15) is 84.6 Å². The van der Waals surface area contributed by atoms with E-state index in [0.717, 1.165) is 50.5 Å². The number of aliphatic imine (C=N–C) groups is 1. The minimum atomic E-state index is -0.222. The number of hydrogen-bond acceptors (Lipinski definition) is 8. The molecule has 0 bridgehead atoms. The number of carbonyl (C=O) groups is 2. The van der Waals surface area contributed by atoms with E-state index in [4.69, 9.17) is 19.2 Å². The minimum Gasteiger partial charge on any atom is -0.497 e. The fourth-order valence-electron chi connectivity index (χ4n) is 5.40. The summed E-state index contributed by atoms with van der Waals surface area (Å²) in [6.45, 7) is 9.87. The van der Waals surface area contributed by atoms with Gasteiger partial charge in [-0.05, 0) is 73.2 Å². The van der Waals surface area contributed by atoms with E-state index < -0.39 is 0 Å². The molecule has 0 saturated heterocycles. The highest BCUT2D eigenvalue weighted by Crippen LogP contribution is 2.25. The Kier molecular flexibility index (Phi) is 13.1. The molecule has 8 nitrogen and oxygen atoms in total. The molecule has 2 N–H and O–H groups in total. The van der Waals surface area contributed by atoms with Crippen molar-refractivity contribution >= 4 is 17.4 Å². The molecule has 0 amide bonds. The van der Waals surface area contributed by atoms with Crippen molar-refractivity contribution in [1.82, 2.24) is 10.6 Å². The summed E-state index contributed by atoms with van der Waals surface area (Å²) < 4.78 is 17.4. The Bertz CT molecular complexity index is 1460. The van der Waals surface area contributed by atoms with Crippen LogP contribution in [0.5, 0.6) is 5.75 Å². The number of rotatable bonds is 16. The number of benzene rings is 1. The smallest absolute Gasteiger partial charge is 0.193 e. The standard InChI is InChI=1S/C38H49N3O5/c1-6-10-12-26(8-3)24-45-30-18-20-32(34(42)22-30)37-39-36(28-14-16-29(44-5)17-15-28)40-38(41-37)33-21-19-31(23-35(33)43)46-25-27(9-4)13-11-7-2/h14-23,26-27,41H,6-13,24-25H2,1-5H3,(H,39,40)/b37-32+,38-33+. The van der Waals surface area contributed by atoms with Gasteiger partial charge in [-0.1, -0.05) is 66.2 Å². The van der Waals surface area contributed by atoms with Crippen LogP contribution >= 0.6 is 0 Å². The third-order valence-corrected chi connectivity index (χ3v) is 8.56. The fourth-order valence-corrected chi connectivity index (χ4v) is 5.40. The molecule has 4 rings (SSSR count). The number of unbranched alkanes of at least 4 members (excludes halogenated alkanes) is 2. The van der Waals surface area contributed by atoms with E-state index in [0.29, 0.717) is 70.9 Å². The molecule has 2 aliphatic carbocycles. The normalized spacial score (nSPS) is 20.7. The van der Waals surface area contributed by atoms with Crippen LogP contribution in [0.25, 0.3) is 0 Å². The van der Waals surface area contributed by atoms with E-state index in [-0.39, 0.29) is 11.6 Å². The van der Waals surface area contributed by atoms with Gasteiger partial charge in [0, 0.05) is 17.7 Å². The molecule has 1 aromatic rings. The van der Waals surface area contributed by atoms with Gasteiger partial charge in [0.15, 0.2) is 11.6 Å². The van der Waals surface area contributed by atoms with Crippen molar-refractivity contribution in [2.75, 3.05) is 20.3 Å². The Labute approximate surface area is 274 Å². The molecule has 46 heavy (non-hydrogen) atoms. The predicted octanol–water partition coefficient (Wildman–Crippen LogP) is 7.57. The first-order chi connectivity index (χ1) is 22.4. The number of hydrogen-bond donors (Lipinski definition) is 2. The average molecular weight is 628 g/mol. The topological polar surface area (TPSA) is 98.2 Å². The maximum Gasteiger partial charge on any atom is 0.193 e. The summed E-state index contributed by atoms with van der Waals surface area (Å²) in [5, 5.41) is 6.50. The number of methoxy groups -OCH3 is 1. The first-order valence-corrected chi connectivity index (χ1v) is 16.8. The molecular weight excluding hydrogens is 578 g/mol. The lowest BCUT2D eigenvalue weighted by atomic mass is 10.00. The minimum absolute atomic E-state index is 0.205. The molecule has 1 aliphatic heterocycles. The molecule has 0 spiro atoms. The zero-order valence-corrected chi connectivity index (χ0v) is 28.0. The highest BCUT2D eigenvalue weighted by atomic mass is 16.5. The SMILES string of the molecule is CCCCC(CC)COC1=CC(=O)/C(=C2\N=C(c3ccc(OC)cc3)N/C(=C3/C=CC(OCC(CC)CCCC)=CC3=O)N2)C=C1. The van der Waals surface area contributed by atoms with Gasteiger partial charge < -0.3 is 24.8 Å². The summed E-state index contributed by atoms with van der Waals surface area (Å²) in [7, 11) is 1.61. The molecule has 8 heteroatoms. The molecule has 0 aromatic heterocycles. The van der Waals surface area contributed by atoms with Gasteiger partial charge in [-0.2, -0.15) is 0 Å². The van der Waals surface area contributed by atoms with Crippen LogP contribution in [0.2, 0.25) is 0 Å². The Morgan fingerprint density at radius 3 is 1.74 bits per heavy atom. The van der Waals surface area contributed by atoms with Gasteiger partial charge >= 0.3 is 0 Å². The van der Waals surface area contributed by atoms with E-state index in [2.05, 4.69) is 38.3 Å².